The number of hydrogen-bond acceptors (Lipinski definition) is 17. The fraction of sp³-hybridized carbons (Fsp3) is 0.863. The Hall–Kier alpha value is -2.39. The Balaban J connectivity index is 1.88. The van der Waals surface area contributed by atoms with Crippen LogP contribution in [0.15, 0.2) is 18.2 Å². The lowest BCUT2D eigenvalue weighted by molar-refractivity contribution is -0.335. The molecule has 4 rings (SSSR count). The van der Waals surface area contributed by atoms with E-state index < -0.39 is 95.5 Å². The Morgan fingerprint density at radius 1 is 0.941 bits per heavy atom. The molecule has 0 amide bonds. The van der Waals surface area contributed by atoms with E-state index in [4.69, 9.17) is 42.6 Å². The van der Waals surface area contributed by atoms with E-state index in [1.165, 1.54) is 6.92 Å². The van der Waals surface area contributed by atoms with Gasteiger partial charge in [-0.1, -0.05) is 27.7 Å². The van der Waals surface area contributed by atoms with Gasteiger partial charge in [-0.3, -0.25) is 4.79 Å². The molecule has 0 bridgehead atoms. The van der Waals surface area contributed by atoms with Gasteiger partial charge in [-0.15, -0.1) is 0 Å². The molecule has 0 radical (unpaired) electrons. The predicted molar refractivity (Wildman–Crippen MR) is 259 cm³/mol. The highest BCUT2D eigenvalue weighted by molar-refractivity contribution is 5.73. The van der Waals surface area contributed by atoms with E-state index in [2.05, 4.69) is 15.5 Å². The highest BCUT2D eigenvalue weighted by Crippen LogP contribution is 2.44. The highest BCUT2D eigenvalue weighted by Gasteiger charge is 2.58. The lowest BCUT2D eigenvalue weighted by Crippen LogP contribution is -2.70. The SMILES string of the molecule is CCCNC[C@]1(O)[C@H](C)O[C@@H](O[C@H]2[C@H](C)[C@@H](O[C@@H]3O[C@H](C)C[C@H](N(C)C)[C@H]3Oc3ccc(OC)c(OC(C)C)c3)[C@](C)(O)C[C@@H](C)CN[C@H](C)[C@@H](O)[C@](C)(O)[C@@H](CC)OC(=O)[C@@H]2C)C[C@@]1(C)OC. The topological polar surface area (TPSA) is 208 Å². The molecule has 3 fully saturated rings. The first kappa shape index (κ1) is 58.2. The molecule has 1 aromatic rings. The molecule has 0 unspecified atom stereocenters. The number of likely N-dealkylation sites (N-methyl/N-ethyl adjacent to an activating group) is 1. The lowest BCUT2D eigenvalue weighted by Gasteiger charge is -2.53. The molecule has 0 spiro atoms. The van der Waals surface area contributed by atoms with Crippen molar-refractivity contribution in [1.29, 1.82) is 0 Å². The van der Waals surface area contributed by atoms with Gasteiger partial charge >= 0.3 is 5.97 Å². The van der Waals surface area contributed by atoms with Gasteiger partial charge in [-0.05, 0) is 133 Å². The maximum atomic E-state index is 14.7. The van der Waals surface area contributed by atoms with Crippen molar-refractivity contribution in [2.24, 2.45) is 17.8 Å². The molecule has 1 aromatic carbocycles. The number of aliphatic hydroxyl groups excluding tert-OH is 1. The molecule has 394 valence electrons. The van der Waals surface area contributed by atoms with Crippen molar-refractivity contribution in [1.82, 2.24) is 15.5 Å². The van der Waals surface area contributed by atoms with E-state index in [-0.39, 0.29) is 50.0 Å². The van der Waals surface area contributed by atoms with Crippen LogP contribution in [-0.4, -0.2) is 175 Å². The number of nitrogens with one attached hydrogen (secondary N) is 2. The summed E-state index contributed by atoms with van der Waals surface area (Å²) >= 11 is 0. The van der Waals surface area contributed by atoms with Crippen molar-refractivity contribution in [3.05, 3.63) is 18.2 Å². The molecule has 0 aliphatic carbocycles. The quantitative estimate of drug-likeness (QED) is 0.0971. The summed E-state index contributed by atoms with van der Waals surface area (Å²) in [5, 5.41) is 55.3. The van der Waals surface area contributed by atoms with E-state index in [0.29, 0.717) is 36.8 Å². The van der Waals surface area contributed by atoms with Crippen LogP contribution in [0.25, 0.3) is 0 Å². The zero-order valence-electron chi connectivity index (χ0n) is 44.4. The van der Waals surface area contributed by atoms with Crippen LogP contribution in [0.3, 0.4) is 0 Å². The van der Waals surface area contributed by atoms with E-state index in [9.17, 15) is 25.2 Å². The number of benzene rings is 1. The Labute approximate surface area is 407 Å². The molecular weight excluding hydrogens is 879 g/mol. The Kier molecular flexibility index (Phi) is 20.8. The van der Waals surface area contributed by atoms with Crippen LogP contribution < -0.4 is 24.8 Å². The summed E-state index contributed by atoms with van der Waals surface area (Å²) in [5.74, 6) is -1.18. The maximum absolute atomic E-state index is 14.7. The van der Waals surface area contributed by atoms with Crippen molar-refractivity contribution < 1.29 is 67.9 Å². The molecule has 3 aliphatic rings. The third-order valence-electron chi connectivity index (χ3n) is 14.8. The molecule has 3 aliphatic heterocycles. The summed E-state index contributed by atoms with van der Waals surface area (Å²) in [6.07, 6.45) is -6.62. The third-order valence-corrected chi connectivity index (χ3v) is 14.8. The standard InChI is InChI=1S/C51H91N3O14/c1-18-22-52-28-51(59)35(10)64-41(26-49(51,12)61-17)67-42-32(7)45(48(11,57)25-30(5)27-53-34(9)44(55)50(13,58)40(19-2)66-46(56)33(42)8)68-47-43(37(54(14)15)23-31(6)63-47)65-36-20-21-38(60-16)39(24-36)62-29(3)4/h20-21,24,29-35,37,40-45,47,52-53,55,57-59H,18-19,22-23,25-28H2,1-17H3/t30-,31-,32+,33-,34-,35+,37+,40-,41+,42+,43-,44-,45-,47+,48-,49-,50-,51+/m1/s1. The van der Waals surface area contributed by atoms with Crippen molar-refractivity contribution in [3.8, 4) is 17.2 Å². The van der Waals surface area contributed by atoms with E-state index in [1.54, 1.807) is 67.0 Å². The summed E-state index contributed by atoms with van der Waals surface area (Å²) in [7, 11) is 7.08. The number of aliphatic hydroxyl groups is 4. The van der Waals surface area contributed by atoms with Gasteiger partial charge in [-0.25, -0.2) is 0 Å². The van der Waals surface area contributed by atoms with Gasteiger partial charge < -0.3 is 78.6 Å². The van der Waals surface area contributed by atoms with Gasteiger partial charge in [0.05, 0.1) is 55.2 Å². The van der Waals surface area contributed by atoms with Crippen molar-refractivity contribution in [3.63, 3.8) is 0 Å². The van der Waals surface area contributed by atoms with Crippen LogP contribution in [-0.2, 0) is 33.2 Å². The number of hydrogen-bond donors (Lipinski definition) is 6. The van der Waals surface area contributed by atoms with Crippen LogP contribution in [0.4, 0.5) is 0 Å². The van der Waals surface area contributed by atoms with Gasteiger partial charge in [-0.2, -0.15) is 0 Å². The van der Waals surface area contributed by atoms with Gasteiger partial charge in [0, 0.05) is 38.1 Å². The third kappa shape index (κ3) is 13.6. The number of methoxy groups -OCH3 is 2. The van der Waals surface area contributed by atoms with Gasteiger partial charge in [0.25, 0.3) is 0 Å². The second-order valence-electron chi connectivity index (χ2n) is 21.3. The second kappa shape index (κ2) is 24.4. The number of cyclic esters (lactones) is 1. The smallest absolute Gasteiger partial charge is 0.311 e. The van der Waals surface area contributed by atoms with E-state index in [0.717, 1.165) is 6.42 Å². The minimum absolute atomic E-state index is 0.0815. The number of rotatable bonds is 16. The molecule has 6 N–H and O–H groups in total. The van der Waals surface area contributed by atoms with Crippen molar-refractivity contribution in [2.75, 3.05) is 47.9 Å². The Bertz CT molecular complexity index is 1720. The zero-order chi connectivity index (χ0) is 51.1. The van der Waals surface area contributed by atoms with Crippen LogP contribution in [0.1, 0.15) is 122 Å². The largest absolute Gasteiger partial charge is 0.493 e. The molecule has 17 nitrogen and oxygen atoms in total. The number of nitrogens with zero attached hydrogens (tertiary/aromatic N) is 1. The van der Waals surface area contributed by atoms with Crippen LogP contribution in [0, 0.1) is 17.8 Å². The van der Waals surface area contributed by atoms with Gasteiger partial charge in [0.15, 0.2) is 30.2 Å². The highest BCUT2D eigenvalue weighted by atomic mass is 16.7. The molecule has 18 atom stereocenters. The molecule has 3 heterocycles. The van der Waals surface area contributed by atoms with E-state index >= 15 is 0 Å². The fourth-order valence-corrected chi connectivity index (χ4v) is 10.6. The van der Waals surface area contributed by atoms with Crippen LogP contribution in [0.2, 0.25) is 0 Å². The molecule has 68 heavy (non-hydrogen) atoms. The average Bonchev–Trinajstić information content (AvgIpc) is 3.26. The maximum Gasteiger partial charge on any atom is 0.311 e. The first-order valence-corrected chi connectivity index (χ1v) is 25.0. The second-order valence-corrected chi connectivity index (χ2v) is 21.3. The minimum Gasteiger partial charge on any atom is -0.493 e. The number of carbonyl (C=O) groups excluding carboxylic acids is 1. The summed E-state index contributed by atoms with van der Waals surface area (Å²) in [6, 6.07) is 4.55. The van der Waals surface area contributed by atoms with Gasteiger partial charge in [0.2, 0.25) is 0 Å². The normalized spacial score (nSPS) is 41.4. The molecule has 3 saturated heterocycles. The Morgan fingerprint density at radius 3 is 2.21 bits per heavy atom. The fourth-order valence-electron chi connectivity index (χ4n) is 10.6. The Morgan fingerprint density at radius 2 is 1.62 bits per heavy atom. The predicted octanol–water partition coefficient (Wildman–Crippen LogP) is 4.81. The molecular formula is C51H91N3O14. The minimum atomic E-state index is -1.84. The van der Waals surface area contributed by atoms with Crippen molar-refractivity contribution >= 4 is 5.97 Å². The summed E-state index contributed by atoms with van der Waals surface area (Å²) in [4.78, 5) is 16.7. The molecule has 17 heteroatoms. The summed E-state index contributed by atoms with van der Waals surface area (Å²) < 4.78 is 58.3. The molecule has 0 aromatic heterocycles. The summed E-state index contributed by atoms with van der Waals surface area (Å²) in [6.45, 7) is 25.0. The van der Waals surface area contributed by atoms with Crippen molar-refractivity contribution in [2.45, 2.75) is 218 Å². The lowest BCUT2D eigenvalue weighted by atomic mass is 9.75. The van der Waals surface area contributed by atoms with Gasteiger partial charge in [0.1, 0.15) is 34.8 Å². The van der Waals surface area contributed by atoms with Crippen LogP contribution >= 0.6 is 0 Å². The van der Waals surface area contributed by atoms with E-state index in [1.807, 2.05) is 62.6 Å². The van der Waals surface area contributed by atoms with Crippen LogP contribution in [0.5, 0.6) is 17.2 Å². The first-order valence-electron chi connectivity index (χ1n) is 25.0. The average molecular weight is 970 g/mol. The number of esters is 1. The summed E-state index contributed by atoms with van der Waals surface area (Å²) in [5.41, 5.74) is -6.07. The number of carbonyl (C=O) groups is 1. The molecule has 0 saturated carbocycles. The first-order chi connectivity index (χ1) is 31.7. The zero-order valence-corrected chi connectivity index (χ0v) is 44.4. The number of ether oxygens (including phenoxy) is 9. The monoisotopic (exact) mass is 970 g/mol.